The number of nitrogen functional groups attached to an aromatic ring is 1. The summed E-state index contributed by atoms with van der Waals surface area (Å²) < 4.78 is 55.1. The standard InChI is InChI=1S/C22H18BrF4N9/c1-2-15(14(35-29)9-30-13-6-4-3-5-12(13)24)36-18(23)16(17-19(28)33-10-34-20(17)36)11-7-31-21(32-8-11)22(25,26)27/h3-10,15H,2,29H2,1H3,(H2,28,33,34). The number of nitrogens with zero attached hydrogens (tertiary/aromatic N) is 7. The number of rotatable bonds is 6. The van der Waals surface area contributed by atoms with Crippen LogP contribution in [0.5, 0.6) is 0 Å². The van der Waals surface area contributed by atoms with Gasteiger partial charge in [-0.15, -0.1) is 0 Å². The smallest absolute Gasteiger partial charge is 0.383 e. The van der Waals surface area contributed by atoms with Gasteiger partial charge < -0.3 is 16.1 Å². The van der Waals surface area contributed by atoms with Crippen LogP contribution in [0.25, 0.3) is 22.2 Å². The number of benzene rings is 1. The van der Waals surface area contributed by atoms with Gasteiger partial charge in [-0.05, 0) is 34.5 Å². The third-order valence-electron chi connectivity index (χ3n) is 5.32. The van der Waals surface area contributed by atoms with Crippen LogP contribution in [0.15, 0.2) is 57.7 Å². The van der Waals surface area contributed by atoms with Gasteiger partial charge in [-0.1, -0.05) is 19.1 Å². The lowest BCUT2D eigenvalue weighted by Crippen LogP contribution is -2.22. The van der Waals surface area contributed by atoms with E-state index < -0.39 is 23.9 Å². The van der Waals surface area contributed by atoms with E-state index in [0.29, 0.717) is 27.6 Å². The lowest BCUT2D eigenvalue weighted by Gasteiger charge is -2.19. The van der Waals surface area contributed by atoms with Crippen LogP contribution in [0, 0.1) is 5.82 Å². The molecule has 0 fully saturated rings. The Morgan fingerprint density at radius 2 is 1.86 bits per heavy atom. The first-order chi connectivity index (χ1) is 17.2. The molecule has 3 aromatic heterocycles. The van der Waals surface area contributed by atoms with E-state index in [1.807, 2.05) is 6.92 Å². The molecule has 9 nitrogen and oxygen atoms in total. The summed E-state index contributed by atoms with van der Waals surface area (Å²) in [5, 5.41) is 4.22. The molecule has 0 saturated heterocycles. The van der Waals surface area contributed by atoms with Crippen molar-refractivity contribution in [2.75, 3.05) is 5.73 Å². The van der Waals surface area contributed by atoms with Gasteiger partial charge >= 0.3 is 6.18 Å². The molecular weight excluding hydrogens is 546 g/mol. The van der Waals surface area contributed by atoms with Gasteiger partial charge in [0, 0.05) is 23.5 Å². The molecule has 4 aromatic rings. The second kappa shape index (κ2) is 9.97. The lowest BCUT2D eigenvalue weighted by atomic mass is 10.1. The number of nitrogens with two attached hydrogens (primary N) is 2. The van der Waals surface area contributed by atoms with Crippen LogP contribution in [0.2, 0.25) is 0 Å². The topological polar surface area (TPSA) is 133 Å². The van der Waals surface area contributed by atoms with E-state index in [4.69, 9.17) is 11.6 Å². The third kappa shape index (κ3) is 4.63. The van der Waals surface area contributed by atoms with Crippen LogP contribution >= 0.6 is 15.9 Å². The van der Waals surface area contributed by atoms with Gasteiger partial charge in [0.2, 0.25) is 5.82 Å². The van der Waals surface area contributed by atoms with Crippen molar-refractivity contribution < 1.29 is 17.6 Å². The normalized spacial score (nSPS) is 13.6. The van der Waals surface area contributed by atoms with Crippen LogP contribution in [0.1, 0.15) is 25.2 Å². The van der Waals surface area contributed by atoms with Gasteiger partial charge in [-0.2, -0.15) is 18.3 Å². The molecule has 186 valence electrons. The first-order valence-electron chi connectivity index (χ1n) is 10.4. The van der Waals surface area contributed by atoms with Crippen molar-refractivity contribution in [1.29, 1.82) is 0 Å². The minimum Gasteiger partial charge on any atom is -0.383 e. The molecule has 0 amide bonds. The van der Waals surface area contributed by atoms with E-state index in [1.165, 1.54) is 24.7 Å². The molecule has 0 spiro atoms. The van der Waals surface area contributed by atoms with Crippen LogP contribution in [0.4, 0.5) is 29.1 Å². The summed E-state index contributed by atoms with van der Waals surface area (Å²) in [5.74, 6) is 3.98. The monoisotopic (exact) mass is 563 g/mol. The van der Waals surface area contributed by atoms with E-state index in [0.717, 1.165) is 12.4 Å². The molecule has 0 saturated carbocycles. The molecule has 1 unspecified atom stereocenters. The Morgan fingerprint density at radius 3 is 2.47 bits per heavy atom. The summed E-state index contributed by atoms with van der Waals surface area (Å²) in [6, 6.07) is 5.39. The molecule has 3 heterocycles. The number of hydrogen-bond donors (Lipinski definition) is 2. The highest BCUT2D eigenvalue weighted by Crippen LogP contribution is 2.42. The SMILES string of the molecule is CCC(C(C=Nc1ccccc1F)=NN)n1c(Br)c(-c2cnc(C(F)(F)F)nc2)c2c(N)ncnc21. The average molecular weight is 564 g/mol. The number of aliphatic imine (C=N–C) groups is 1. The number of hydrogen-bond acceptors (Lipinski definition) is 8. The molecular formula is C22H18BrF4N9. The average Bonchev–Trinajstić information content (AvgIpc) is 3.15. The summed E-state index contributed by atoms with van der Waals surface area (Å²) in [7, 11) is 0. The predicted octanol–water partition coefficient (Wildman–Crippen LogP) is 5.06. The summed E-state index contributed by atoms with van der Waals surface area (Å²) in [5.41, 5.74) is 7.52. The molecule has 0 bridgehead atoms. The van der Waals surface area contributed by atoms with Crippen molar-refractivity contribution in [2.45, 2.75) is 25.6 Å². The Kier molecular flexibility index (Phi) is 6.97. The first kappa shape index (κ1) is 25.2. The van der Waals surface area contributed by atoms with Crippen molar-refractivity contribution in [2.24, 2.45) is 15.9 Å². The Hall–Kier alpha value is -3.94. The number of anilines is 1. The highest BCUT2D eigenvalue weighted by atomic mass is 79.9. The molecule has 0 aliphatic carbocycles. The molecule has 14 heteroatoms. The fourth-order valence-corrected chi connectivity index (χ4v) is 4.54. The maximum absolute atomic E-state index is 14.0. The van der Waals surface area contributed by atoms with Gasteiger partial charge in [0.05, 0.1) is 27.9 Å². The molecule has 0 radical (unpaired) electrons. The lowest BCUT2D eigenvalue weighted by molar-refractivity contribution is -0.144. The Morgan fingerprint density at radius 1 is 1.17 bits per heavy atom. The Bertz CT molecular complexity index is 1460. The van der Waals surface area contributed by atoms with E-state index in [9.17, 15) is 17.6 Å². The van der Waals surface area contributed by atoms with Crippen LogP contribution in [0.3, 0.4) is 0 Å². The van der Waals surface area contributed by atoms with Crippen molar-refractivity contribution in [3.63, 3.8) is 0 Å². The van der Waals surface area contributed by atoms with Gasteiger partial charge in [0.15, 0.2) is 0 Å². The van der Waals surface area contributed by atoms with Gasteiger partial charge in [0.1, 0.15) is 29.3 Å². The number of para-hydroxylation sites is 1. The maximum Gasteiger partial charge on any atom is 0.451 e. The number of alkyl halides is 3. The third-order valence-corrected chi connectivity index (χ3v) is 6.10. The highest BCUT2D eigenvalue weighted by molar-refractivity contribution is 9.10. The second-order valence-electron chi connectivity index (χ2n) is 7.47. The number of halogens is 5. The Balaban J connectivity index is 1.87. The highest BCUT2D eigenvalue weighted by Gasteiger charge is 2.35. The van der Waals surface area contributed by atoms with Crippen molar-refractivity contribution in [3.8, 4) is 11.1 Å². The number of aromatic nitrogens is 5. The zero-order valence-corrected chi connectivity index (χ0v) is 20.2. The van der Waals surface area contributed by atoms with Crippen LogP contribution in [-0.4, -0.2) is 36.4 Å². The van der Waals surface area contributed by atoms with E-state index in [1.54, 1.807) is 16.7 Å². The van der Waals surface area contributed by atoms with Crippen molar-refractivity contribution in [1.82, 2.24) is 24.5 Å². The second-order valence-corrected chi connectivity index (χ2v) is 8.23. The van der Waals surface area contributed by atoms with E-state index in [-0.39, 0.29) is 22.8 Å². The summed E-state index contributed by atoms with van der Waals surface area (Å²) >= 11 is 3.53. The molecule has 4 N–H and O–H groups in total. The van der Waals surface area contributed by atoms with Gasteiger partial charge in [-0.3, -0.25) is 4.99 Å². The van der Waals surface area contributed by atoms with Crippen molar-refractivity contribution in [3.05, 3.63) is 59.2 Å². The molecule has 4 rings (SSSR count). The molecule has 36 heavy (non-hydrogen) atoms. The van der Waals surface area contributed by atoms with E-state index in [2.05, 4.69) is 46.0 Å². The minimum absolute atomic E-state index is 0.0930. The zero-order valence-electron chi connectivity index (χ0n) is 18.6. The predicted molar refractivity (Wildman–Crippen MR) is 131 cm³/mol. The van der Waals surface area contributed by atoms with Crippen LogP contribution < -0.4 is 11.6 Å². The summed E-state index contributed by atoms with van der Waals surface area (Å²) in [6.45, 7) is 1.86. The molecule has 0 aliphatic rings. The molecule has 1 atom stereocenters. The number of hydrazone groups is 1. The quantitative estimate of drug-likeness (QED) is 0.146. The van der Waals surface area contributed by atoms with Gasteiger partial charge in [0.25, 0.3) is 0 Å². The molecule has 1 aromatic carbocycles. The molecule has 0 aliphatic heterocycles. The van der Waals surface area contributed by atoms with E-state index >= 15 is 0 Å². The zero-order chi connectivity index (χ0) is 26.0. The summed E-state index contributed by atoms with van der Waals surface area (Å²) in [6.07, 6.45) is 0.441. The maximum atomic E-state index is 14.0. The van der Waals surface area contributed by atoms with Crippen LogP contribution in [-0.2, 0) is 6.18 Å². The Labute approximate surface area is 210 Å². The first-order valence-corrected chi connectivity index (χ1v) is 11.2. The fraction of sp³-hybridized carbons (Fsp3) is 0.182. The van der Waals surface area contributed by atoms with Crippen molar-refractivity contribution >= 4 is 50.4 Å². The minimum atomic E-state index is -4.69. The number of fused-ring (bicyclic) bond motifs is 1. The fourth-order valence-electron chi connectivity index (χ4n) is 3.70. The summed E-state index contributed by atoms with van der Waals surface area (Å²) in [4.78, 5) is 19.5. The largest absolute Gasteiger partial charge is 0.451 e. The van der Waals surface area contributed by atoms with Gasteiger partial charge in [-0.25, -0.2) is 24.3 Å².